The zero-order chi connectivity index (χ0) is 21.3. The maximum absolute atomic E-state index is 12.5. The van der Waals surface area contributed by atoms with Crippen molar-refractivity contribution in [2.24, 2.45) is 0 Å². The smallest absolute Gasteiger partial charge is 0.251 e. The van der Waals surface area contributed by atoms with Crippen molar-refractivity contribution < 1.29 is 14.3 Å². The maximum Gasteiger partial charge on any atom is 0.251 e. The van der Waals surface area contributed by atoms with Gasteiger partial charge in [-0.15, -0.1) is 0 Å². The first-order valence-electron chi connectivity index (χ1n) is 11.6. The number of ether oxygens (including phenoxy) is 2. The van der Waals surface area contributed by atoms with Crippen molar-refractivity contribution in [3.05, 3.63) is 23.8 Å². The van der Waals surface area contributed by atoms with Gasteiger partial charge in [-0.25, -0.2) is 0 Å². The first-order valence-corrected chi connectivity index (χ1v) is 11.6. The average Bonchev–Trinajstić information content (AvgIpc) is 3.03. The van der Waals surface area contributed by atoms with Crippen molar-refractivity contribution >= 4 is 5.91 Å². The third-order valence-electron chi connectivity index (χ3n) is 6.38. The van der Waals surface area contributed by atoms with Gasteiger partial charge in [0, 0.05) is 37.8 Å². The number of piperidine rings is 1. The van der Waals surface area contributed by atoms with E-state index >= 15 is 0 Å². The van der Waals surface area contributed by atoms with Crippen LogP contribution in [0.1, 0.15) is 61.7 Å². The highest BCUT2D eigenvalue weighted by Gasteiger charge is 2.27. The number of rotatable bonds is 8. The van der Waals surface area contributed by atoms with E-state index in [4.69, 9.17) is 9.47 Å². The summed E-state index contributed by atoms with van der Waals surface area (Å²) in [6.45, 7) is 3.63. The molecule has 0 radical (unpaired) electrons. The second kappa shape index (κ2) is 11.6. The molecule has 1 saturated heterocycles. The summed E-state index contributed by atoms with van der Waals surface area (Å²) in [7, 11) is 5.63. The van der Waals surface area contributed by atoms with E-state index in [-0.39, 0.29) is 12.0 Å². The molecule has 1 aromatic carbocycles. The molecular formula is C24H39N3O3. The number of likely N-dealkylation sites (N-methyl/N-ethyl adjacent to an activating group) is 1. The second-order valence-electron chi connectivity index (χ2n) is 8.92. The summed E-state index contributed by atoms with van der Waals surface area (Å²) in [4.78, 5) is 17.2. The number of benzene rings is 1. The molecule has 1 amide bonds. The normalized spacial score (nSPS) is 19.5. The predicted octanol–water partition coefficient (Wildman–Crippen LogP) is 3.55. The van der Waals surface area contributed by atoms with Crippen molar-refractivity contribution in [1.29, 1.82) is 0 Å². The van der Waals surface area contributed by atoms with Gasteiger partial charge in [0.15, 0.2) is 11.5 Å². The van der Waals surface area contributed by atoms with Crippen molar-refractivity contribution in [1.82, 2.24) is 15.1 Å². The zero-order valence-electron chi connectivity index (χ0n) is 19.0. The minimum Gasteiger partial charge on any atom is -0.493 e. The van der Waals surface area contributed by atoms with Crippen LogP contribution in [-0.2, 0) is 0 Å². The summed E-state index contributed by atoms with van der Waals surface area (Å²) in [5.74, 6) is 1.28. The number of nitrogens with zero attached hydrogens (tertiary/aromatic N) is 2. The molecule has 0 unspecified atom stereocenters. The Labute approximate surface area is 181 Å². The first kappa shape index (κ1) is 22.9. The minimum atomic E-state index is -0.0764. The van der Waals surface area contributed by atoms with Gasteiger partial charge in [-0.3, -0.25) is 4.79 Å². The molecule has 2 fully saturated rings. The molecule has 0 spiro atoms. The van der Waals surface area contributed by atoms with E-state index in [2.05, 4.69) is 10.2 Å². The number of methoxy groups -OCH3 is 1. The van der Waals surface area contributed by atoms with E-state index in [1.54, 1.807) is 13.2 Å². The van der Waals surface area contributed by atoms with Crippen molar-refractivity contribution in [2.75, 3.05) is 47.4 Å². The molecule has 30 heavy (non-hydrogen) atoms. The van der Waals surface area contributed by atoms with Gasteiger partial charge in [0.25, 0.3) is 5.91 Å². The lowest BCUT2D eigenvalue weighted by atomic mass is 10.0. The molecule has 0 aromatic heterocycles. The molecule has 0 bridgehead atoms. The Morgan fingerprint density at radius 1 is 1.07 bits per heavy atom. The molecule has 1 saturated carbocycles. The number of amides is 1. The lowest BCUT2D eigenvalue weighted by Crippen LogP contribution is -2.44. The number of likely N-dealkylation sites (tertiary alicyclic amines) is 1. The molecule has 6 nitrogen and oxygen atoms in total. The van der Waals surface area contributed by atoms with Gasteiger partial charge < -0.3 is 24.6 Å². The van der Waals surface area contributed by atoms with Gasteiger partial charge in [-0.1, -0.05) is 25.7 Å². The van der Waals surface area contributed by atoms with E-state index in [1.165, 1.54) is 38.5 Å². The fraction of sp³-hybridized carbons (Fsp3) is 0.708. The molecule has 6 heteroatoms. The summed E-state index contributed by atoms with van der Waals surface area (Å²) in [6, 6.07) is 6.21. The lowest BCUT2D eigenvalue weighted by molar-refractivity contribution is 0.0686. The quantitative estimate of drug-likeness (QED) is 0.656. The molecule has 1 aromatic rings. The Morgan fingerprint density at radius 2 is 1.77 bits per heavy atom. The fourth-order valence-electron chi connectivity index (χ4n) is 4.57. The lowest BCUT2D eigenvalue weighted by Gasteiger charge is -2.37. The molecule has 2 aliphatic rings. The van der Waals surface area contributed by atoms with Crippen LogP contribution in [0.15, 0.2) is 18.2 Å². The van der Waals surface area contributed by atoms with Crippen LogP contribution in [0.5, 0.6) is 11.5 Å². The van der Waals surface area contributed by atoms with E-state index < -0.39 is 0 Å². The molecule has 1 aliphatic carbocycles. The Morgan fingerprint density at radius 3 is 2.40 bits per heavy atom. The standard InChI is InChI=1S/C24H39N3O3/c1-26(2)17-14-25-24(28)19-10-11-22(29-3)23(18-19)30-21-12-15-27(16-13-21)20-8-6-4-5-7-9-20/h10-11,18,20-21H,4-9,12-17H2,1-3H3,(H,25,28). The van der Waals surface area contributed by atoms with Crippen LogP contribution < -0.4 is 14.8 Å². The van der Waals surface area contributed by atoms with E-state index in [0.29, 0.717) is 23.6 Å². The SMILES string of the molecule is COc1ccc(C(=O)NCCN(C)C)cc1OC1CCN(C2CCCCCC2)CC1. The number of carbonyl (C=O) groups excluding carboxylic acids is 1. The number of hydrogen-bond acceptors (Lipinski definition) is 5. The van der Waals surface area contributed by atoms with Gasteiger partial charge in [0.1, 0.15) is 6.10 Å². The van der Waals surface area contributed by atoms with Crippen molar-refractivity contribution in [3.8, 4) is 11.5 Å². The molecular weight excluding hydrogens is 378 g/mol. The molecule has 1 N–H and O–H groups in total. The summed E-state index contributed by atoms with van der Waals surface area (Å²) >= 11 is 0. The molecule has 168 valence electrons. The van der Waals surface area contributed by atoms with Crippen LogP contribution in [0.4, 0.5) is 0 Å². The third-order valence-corrected chi connectivity index (χ3v) is 6.38. The molecule has 1 heterocycles. The molecule has 3 rings (SSSR count). The first-order chi connectivity index (χ1) is 14.6. The molecule has 1 aliphatic heterocycles. The summed E-state index contributed by atoms with van der Waals surface area (Å²) in [5, 5.41) is 2.96. The van der Waals surface area contributed by atoms with Gasteiger partial charge in [0.05, 0.1) is 7.11 Å². The average molecular weight is 418 g/mol. The van der Waals surface area contributed by atoms with Crippen LogP contribution in [-0.4, -0.2) is 75.2 Å². The van der Waals surface area contributed by atoms with E-state index in [9.17, 15) is 4.79 Å². The Balaban J connectivity index is 1.55. The minimum absolute atomic E-state index is 0.0764. The fourth-order valence-corrected chi connectivity index (χ4v) is 4.57. The Hall–Kier alpha value is -1.79. The van der Waals surface area contributed by atoms with Crippen LogP contribution in [0.25, 0.3) is 0 Å². The van der Waals surface area contributed by atoms with Crippen molar-refractivity contribution in [3.63, 3.8) is 0 Å². The number of hydrogen-bond donors (Lipinski definition) is 1. The van der Waals surface area contributed by atoms with Gasteiger partial charge in [0.2, 0.25) is 0 Å². The van der Waals surface area contributed by atoms with E-state index in [1.807, 2.05) is 31.1 Å². The summed E-state index contributed by atoms with van der Waals surface area (Å²) in [6.07, 6.45) is 10.5. The van der Waals surface area contributed by atoms with Crippen LogP contribution in [0.2, 0.25) is 0 Å². The van der Waals surface area contributed by atoms with Crippen LogP contribution in [0.3, 0.4) is 0 Å². The van der Waals surface area contributed by atoms with Gasteiger partial charge in [-0.2, -0.15) is 0 Å². The van der Waals surface area contributed by atoms with Crippen LogP contribution in [0, 0.1) is 0 Å². The largest absolute Gasteiger partial charge is 0.493 e. The Bertz CT molecular complexity index is 664. The zero-order valence-corrected chi connectivity index (χ0v) is 19.0. The number of nitrogens with one attached hydrogen (secondary N) is 1. The third kappa shape index (κ3) is 6.61. The van der Waals surface area contributed by atoms with Gasteiger partial charge in [-0.05, 0) is 58.0 Å². The van der Waals surface area contributed by atoms with Crippen molar-refractivity contribution in [2.45, 2.75) is 63.5 Å². The summed E-state index contributed by atoms with van der Waals surface area (Å²) < 4.78 is 11.8. The summed E-state index contributed by atoms with van der Waals surface area (Å²) in [5.41, 5.74) is 0.612. The highest BCUT2D eigenvalue weighted by Crippen LogP contribution is 2.32. The Kier molecular flexibility index (Phi) is 8.82. The second-order valence-corrected chi connectivity index (χ2v) is 8.92. The molecule has 0 atom stereocenters. The highest BCUT2D eigenvalue weighted by atomic mass is 16.5. The predicted molar refractivity (Wildman–Crippen MR) is 121 cm³/mol. The van der Waals surface area contributed by atoms with E-state index in [0.717, 1.165) is 38.5 Å². The highest BCUT2D eigenvalue weighted by molar-refractivity contribution is 5.94. The van der Waals surface area contributed by atoms with Crippen LogP contribution >= 0.6 is 0 Å². The number of carbonyl (C=O) groups is 1. The monoisotopic (exact) mass is 417 g/mol. The van der Waals surface area contributed by atoms with Gasteiger partial charge >= 0.3 is 0 Å². The maximum atomic E-state index is 12.5. The topological polar surface area (TPSA) is 54.0 Å².